The molecule has 1 aliphatic rings. The van der Waals surface area contributed by atoms with Crippen molar-refractivity contribution < 1.29 is 17.4 Å². The second-order valence-corrected chi connectivity index (χ2v) is 6.91. The van der Waals surface area contributed by atoms with Gasteiger partial charge in [0, 0.05) is 5.56 Å². The molecule has 0 amide bonds. The molecule has 6 nitrogen and oxygen atoms in total. The van der Waals surface area contributed by atoms with Crippen LogP contribution in [0, 0.1) is 11.3 Å². The number of ether oxygens (including phenoxy) is 1. The summed E-state index contributed by atoms with van der Waals surface area (Å²) in [6.07, 6.45) is 3.97. The molecule has 0 atom stereocenters. The van der Waals surface area contributed by atoms with E-state index in [0.717, 1.165) is 19.3 Å². The van der Waals surface area contributed by atoms with E-state index in [-0.39, 0.29) is 5.71 Å². The average molecular weight is 322 g/mol. The van der Waals surface area contributed by atoms with Crippen LogP contribution in [0.2, 0.25) is 0 Å². The molecule has 1 saturated carbocycles. The number of nitriles is 1. The Morgan fingerprint density at radius 1 is 1.23 bits per heavy atom. The van der Waals surface area contributed by atoms with Crippen LogP contribution < -0.4 is 4.74 Å². The molecule has 0 bridgehead atoms. The first-order valence-corrected chi connectivity index (χ1v) is 8.59. The number of hydrogen-bond donors (Lipinski definition) is 0. The molecule has 0 radical (unpaired) electrons. The third-order valence-electron chi connectivity index (χ3n) is 3.66. The molecule has 1 aliphatic carbocycles. The third-order valence-corrected chi connectivity index (χ3v) is 5.23. The molecule has 118 valence electrons. The largest absolute Gasteiger partial charge is 0.497 e. The van der Waals surface area contributed by atoms with Crippen LogP contribution >= 0.6 is 0 Å². The summed E-state index contributed by atoms with van der Waals surface area (Å²) in [6.45, 7) is 0. The molecular weight excluding hydrogens is 304 g/mol. The highest BCUT2D eigenvalue weighted by atomic mass is 32.2. The Hall–Kier alpha value is -2.07. The summed E-state index contributed by atoms with van der Waals surface area (Å²) < 4.78 is 33.9. The second-order valence-electron chi connectivity index (χ2n) is 5.11. The minimum Gasteiger partial charge on any atom is -0.497 e. The maximum Gasteiger partial charge on any atom is 0.331 e. The van der Waals surface area contributed by atoms with Gasteiger partial charge in [-0.1, -0.05) is 24.4 Å². The molecule has 1 fully saturated rings. The van der Waals surface area contributed by atoms with E-state index in [1.54, 1.807) is 24.3 Å². The molecule has 22 heavy (non-hydrogen) atoms. The van der Waals surface area contributed by atoms with Crippen molar-refractivity contribution in [3.8, 4) is 11.8 Å². The van der Waals surface area contributed by atoms with Crippen molar-refractivity contribution in [3.63, 3.8) is 0 Å². The number of nitrogens with zero attached hydrogens (tertiary/aromatic N) is 2. The average Bonchev–Trinajstić information content (AvgIpc) is 2.57. The van der Waals surface area contributed by atoms with Gasteiger partial charge in [-0.2, -0.15) is 13.7 Å². The maximum atomic E-state index is 12.1. The van der Waals surface area contributed by atoms with E-state index in [1.807, 2.05) is 6.07 Å². The van der Waals surface area contributed by atoms with Crippen molar-refractivity contribution >= 4 is 15.8 Å². The number of oxime groups is 1. The highest BCUT2D eigenvalue weighted by molar-refractivity contribution is 7.87. The van der Waals surface area contributed by atoms with E-state index < -0.39 is 15.4 Å². The molecule has 0 heterocycles. The summed E-state index contributed by atoms with van der Waals surface area (Å²) in [7, 11) is -2.24. The lowest BCUT2D eigenvalue weighted by Gasteiger charge is -2.19. The van der Waals surface area contributed by atoms with Gasteiger partial charge in [0.15, 0.2) is 5.71 Å². The van der Waals surface area contributed by atoms with E-state index in [1.165, 1.54) is 7.11 Å². The molecule has 2 rings (SSSR count). The van der Waals surface area contributed by atoms with Gasteiger partial charge in [-0.15, -0.1) is 0 Å². The number of benzene rings is 1. The summed E-state index contributed by atoms with van der Waals surface area (Å²) >= 11 is 0. The molecular formula is C15H18N2O4S. The normalized spacial score (nSPS) is 16.8. The standard InChI is InChI=1S/C15H18N2O4S/c1-20-13-9-7-12(8-10-13)15(11-16)17-21-22(18,19)14-5-3-2-4-6-14/h7-10,14H,2-6H2,1H3/b17-15+. The molecule has 0 N–H and O–H groups in total. The lowest BCUT2D eigenvalue weighted by Crippen LogP contribution is -2.25. The summed E-state index contributed by atoms with van der Waals surface area (Å²) in [6, 6.07) is 8.43. The van der Waals surface area contributed by atoms with Crippen LogP contribution in [0.3, 0.4) is 0 Å². The molecule has 7 heteroatoms. The van der Waals surface area contributed by atoms with Gasteiger partial charge >= 0.3 is 10.1 Å². The summed E-state index contributed by atoms with van der Waals surface area (Å²) in [5.41, 5.74) is 0.393. The monoisotopic (exact) mass is 322 g/mol. The van der Waals surface area contributed by atoms with Crippen LogP contribution in [0.5, 0.6) is 5.75 Å². The molecule has 0 spiro atoms. The molecule has 1 aromatic carbocycles. The first-order valence-electron chi connectivity index (χ1n) is 7.12. The quantitative estimate of drug-likeness (QED) is 0.614. The Kier molecular flexibility index (Phi) is 5.39. The summed E-state index contributed by atoms with van der Waals surface area (Å²) in [5, 5.41) is 12.1. The molecule has 1 aromatic rings. The topological polar surface area (TPSA) is 88.8 Å². The Labute approximate surface area is 130 Å². The Bertz CT molecular complexity index is 668. The van der Waals surface area contributed by atoms with Crippen molar-refractivity contribution in [3.05, 3.63) is 29.8 Å². The van der Waals surface area contributed by atoms with E-state index in [9.17, 15) is 8.42 Å². The van der Waals surface area contributed by atoms with Gasteiger partial charge < -0.3 is 4.74 Å². The van der Waals surface area contributed by atoms with Crippen LogP contribution in [0.25, 0.3) is 0 Å². The molecule has 0 aromatic heterocycles. The van der Waals surface area contributed by atoms with E-state index in [2.05, 4.69) is 5.16 Å². The van der Waals surface area contributed by atoms with Crippen molar-refractivity contribution in [2.75, 3.05) is 7.11 Å². The number of methoxy groups -OCH3 is 1. The molecule has 0 aliphatic heterocycles. The number of hydrogen-bond acceptors (Lipinski definition) is 6. The predicted molar refractivity (Wildman–Crippen MR) is 82.0 cm³/mol. The minimum atomic E-state index is -3.77. The van der Waals surface area contributed by atoms with Crippen LogP contribution in [-0.4, -0.2) is 26.5 Å². The Balaban J connectivity index is 2.13. The van der Waals surface area contributed by atoms with Crippen molar-refractivity contribution in [2.24, 2.45) is 5.16 Å². The highest BCUT2D eigenvalue weighted by Gasteiger charge is 2.29. The Morgan fingerprint density at radius 2 is 1.86 bits per heavy atom. The van der Waals surface area contributed by atoms with E-state index >= 15 is 0 Å². The zero-order chi connectivity index (χ0) is 16.0. The van der Waals surface area contributed by atoms with Gasteiger partial charge in [0.25, 0.3) is 0 Å². The lowest BCUT2D eigenvalue weighted by atomic mass is 10.0. The predicted octanol–water partition coefficient (Wildman–Crippen LogP) is 2.60. The van der Waals surface area contributed by atoms with Crippen LogP contribution in [0.4, 0.5) is 0 Å². The van der Waals surface area contributed by atoms with Gasteiger partial charge in [-0.05, 0) is 37.1 Å². The van der Waals surface area contributed by atoms with Crippen molar-refractivity contribution in [1.29, 1.82) is 5.26 Å². The van der Waals surface area contributed by atoms with E-state index in [4.69, 9.17) is 14.3 Å². The zero-order valence-corrected chi connectivity index (χ0v) is 13.2. The zero-order valence-electron chi connectivity index (χ0n) is 12.4. The third kappa shape index (κ3) is 3.98. The van der Waals surface area contributed by atoms with Crippen LogP contribution in [-0.2, 0) is 14.4 Å². The lowest BCUT2D eigenvalue weighted by molar-refractivity contribution is 0.321. The van der Waals surface area contributed by atoms with Gasteiger partial charge in [0.1, 0.15) is 11.8 Å². The van der Waals surface area contributed by atoms with Gasteiger partial charge in [0.2, 0.25) is 0 Å². The summed E-state index contributed by atoms with van der Waals surface area (Å²) in [4.78, 5) is 0. The first kappa shape index (κ1) is 16.3. The van der Waals surface area contributed by atoms with Gasteiger partial charge in [0.05, 0.1) is 12.4 Å². The van der Waals surface area contributed by atoms with Crippen LogP contribution in [0.1, 0.15) is 37.7 Å². The van der Waals surface area contributed by atoms with E-state index in [0.29, 0.717) is 24.2 Å². The number of rotatable bonds is 5. The minimum absolute atomic E-state index is 0.0814. The molecule has 0 unspecified atom stereocenters. The van der Waals surface area contributed by atoms with Gasteiger partial charge in [-0.3, -0.25) is 4.28 Å². The van der Waals surface area contributed by atoms with Gasteiger partial charge in [-0.25, -0.2) is 0 Å². The van der Waals surface area contributed by atoms with Crippen molar-refractivity contribution in [2.45, 2.75) is 37.4 Å². The smallest absolute Gasteiger partial charge is 0.331 e. The fraction of sp³-hybridized carbons (Fsp3) is 0.467. The summed E-state index contributed by atoms with van der Waals surface area (Å²) in [5.74, 6) is 0.636. The second kappa shape index (κ2) is 7.27. The highest BCUT2D eigenvalue weighted by Crippen LogP contribution is 2.25. The Morgan fingerprint density at radius 3 is 2.41 bits per heavy atom. The molecule has 0 saturated heterocycles. The SMILES string of the molecule is COc1ccc(/C(C#N)=N/OS(=O)(=O)C2CCCCC2)cc1. The fourth-order valence-electron chi connectivity index (χ4n) is 2.39. The van der Waals surface area contributed by atoms with Crippen molar-refractivity contribution in [1.82, 2.24) is 0 Å². The van der Waals surface area contributed by atoms with Crippen LogP contribution in [0.15, 0.2) is 29.4 Å². The maximum absolute atomic E-state index is 12.1. The fourth-order valence-corrected chi connectivity index (χ4v) is 3.60. The first-order chi connectivity index (χ1) is 10.6.